The van der Waals surface area contributed by atoms with Crippen LogP contribution in [0.3, 0.4) is 0 Å². The van der Waals surface area contributed by atoms with E-state index in [0.29, 0.717) is 11.4 Å². The number of carbonyl (C=O) groups excluding carboxylic acids is 2. The molecule has 2 aliphatic rings. The molecular formula is C23H21ClN2O4. The zero-order valence-corrected chi connectivity index (χ0v) is 17.4. The van der Waals surface area contributed by atoms with Crippen molar-refractivity contribution in [3.63, 3.8) is 0 Å². The lowest BCUT2D eigenvalue weighted by molar-refractivity contribution is -0.144. The fourth-order valence-electron chi connectivity index (χ4n) is 3.68. The van der Waals surface area contributed by atoms with Crippen LogP contribution in [0, 0.1) is 0 Å². The zero-order valence-electron chi connectivity index (χ0n) is 16.7. The smallest absolute Gasteiger partial charge is 0.361 e. The lowest BCUT2D eigenvalue weighted by Crippen LogP contribution is -2.29. The first-order valence-corrected chi connectivity index (χ1v) is 10.2. The second kappa shape index (κ2) is 8.32. The molecular weight excluding hydrogens is 404 g/mol. The zero-order chi connectivity index (χ0) is 21.3. The number of hydrazone groups is 1. The molecule has 0 fully saturated rings. The monoisotopic (exact) mass is 424 g/mol. The summed E-state index contributed by atoms with van der Waals surface area (Å²) in [5, 5.41) is 7.01. The number of hydrogen-bond acceptors (Lipinski definition) is 6. The van der Waals surface area contributed by atoms with E-state index in [0.717, 1.165) is 23.3 Å². The number of hydrogen-bond donors (Lipinski definition) is 0. The van der Waals surface area contributed by atoms with Crippen molar-refractivity contribution in [1.29, 1.82) is 0 Å². The summed E-state index contributed by atoms with van der Waals surface area (Å²) in [6, 6.07) is 16.6. The molecule has 0 spiro atoms. The Morgan fingerprint density at radius 2 is 1.90 bits per heavy atom. The second-order valence-electron chi connectivity index (χ2n) is 7.17. The fraction of sp³-hybridized carbons (Fsp3) is 0.261. The Labute approximate surface area is 179 Å². The van der Waals surface area contributed by atoms with E-state index in [4.69, 9.17) is 26.2 Å². The van der Waals surface area contributed by atoms with Crippen LogP contribution < -0.4 is 0 Å². The normalized spacial score (nSPS) is 21.0. The van der Waals surface area contributed by atoms with Gasteiger partial charge in [-0.1, -0.05) is 61.0 Å². The van der Waals surface area contributed by atoms with Gasteiger partial charge in [-0.3, -0.25) is 9.80 Å². The van der Waals surface area contributed by atoms with Crippen LogP contribution in [0.2, 0.25) is 5.02 Å². The van der Waals surface area contributed by atoms with E-state index in [2.05, 4.69) is 0 Å². The van der Waals surface area contributed by atoms with E-state index < -0.39 is 18.0 Å². The first kappa shape index (κ1) is 20.2. The number of cyclic esters (lactones) is 1. The highest BCUT2D eigenvalue weighted by molar-refractivity contribution is 6.30. The molecule has 154 valence electrons. The average molecular weight is 425 g/mol. The van der Waals surface area contributed by atoms with E-state index in [1.807, 2.05) is 61.5 Å². The maximum atomic E-state index is 12.9. The highest BCUT2D eigenvalue weighted by Crippen LogP contribution is 2.40. The van der Waals surface area contributed by atoms with Gasteiger partial charge < -0.3 is 9.47 Å². The summed E-state index contributed by atoms with van der Waals surface area (Å²) in [5.74, 6) is -0.895. The van der Waals surface area contributed by atoms with Crippen molar-refractivity contribution in [2.45, 2.75) is 38.8 Å². The summed E-state index contributed by atoms with van der Waals surface area (Å²) in [6.45, 7) is 3.33. The number of nitrogens with zero attached hydrogens (tertiary/aromatic N) is 2. The van der Waals surface area contributed by atoms with Crippen molar-refractivity contribution >= 4 is 29.3 Å². The predicted octanol–water partition coefficient (Wildman–Crippen LogP) is 4.60. The van der Waals surface area contributed by atoms with Crippen LogP contribution in [0.15, 0.2) is 71.2 Å². The summed E-state index contributed by atoms with van der Waals surface area (Å²) >= 11 is 6.00. The molecule has 2 heterocycles. The van der Waals surface area contributed by atoms with Crippen molar-refractivity contribution in [2.75, 3.05) is 0 Å². The molecule has 6 nitrogen and oxygen atoms in total. The fourth-order valence-corrected chi connectivity index (χ4v) is 3.81. The minimum atomic E-state index is -0.787. The summed E-state index contributed by atoms with van der Waals surface area (Å²) in [5.41, 5.74) is 2.67. The molecule has 2 aromatic carbocycles. The SMILES string of the molecule is CCC1CC(c2ccc(Cl)cc2)=NN1C1=C(OC(C)=O)C(c2ccccc2)OC1=O. The molecule has 0 radical (unpaired) electrons. The van der Waals surface area contributed by atoms with Gasteiger partial charge >= 0.3 is 11.9 Å². The van der Waals surface area contributed by atoms with Crippen molar-refractivity contribution in [3.05, 3.63) is 82.2 Å². The van der Waals surface area contributed by atoms with Crippen molar-refractivity contribution in [3.8, 4) is 0 Å². The summed E-state index contributed by atoms with van der Waals surface area (Å²) in [6.07, 6.45) is 0.615. The van der Waals surface area contributed by atoms with E-state index in [1.165, 1.54) is 6.92 Å². The topological polar surface area (TPSA) is 68.2 Å². The molecule has 0 saturated heterocycles. The highest BCUT2D eigenvalue weighted by Gasteiger charge is 2.44. The standard InChI is InChI=1S/C23H21ClN2O4/c1-3-18-13-19(15-9-11-17(24)12-10-15)25-26(18)20-22(29-14(2)27)21(30-23(20)28)16-7-5-4-6-8-16/h4-12,18,21H,3,13H2,1-2H3. The Bertz CT molecular complexity index is 1030. The van der Waals surface area contributed by atoms with Crippen molar-refractivity contribution < 1.29 is 19.1 Å². The third kappa shape index (κ3) is 3.83. The average Bonchev–Trinajstić information content (AvgIpc) is 3.29. The van der Waals surface area contributed by atoms with Crippen LogP contribution in [0.1, 0.15) is 43.9 Å². The minimum Gasteiger partial charge on any atom is -0.444 e. The van der Waals surface area contributed by atoms with Gasteiger partial charge in [-0.25, -0.2) is 4.79 Å². The second-order valence-corrected chi connectivity index (χ2v) is 7.60. The third-order valence-corrected chi connectivity index (χ3v) is 5.38. The predicted molar refractivity (Wildman–Crippen MR) is 113 cm³/mol. The Morgan fingerprint density at radius 1 is 1.20 bits per heavy atom. The van der Waals surface area contributed by atoms with Crippen LogP contribution in [0.5, 0.6) is 0 Å². The van der Waals surface area contributed by atoms with E-state index in [1.54, 1.807) is 5.01 Å². The van der Waals surface area contributed by atoms with E-state index in [-0.39, 0.29) is 17.5 Å². The largest absolute Gasteiger partial charge is 0.444 e. The lowest BCUT2D eigenvalue weighted by Gasteiger charge is -2.22. The molecule has 30 heavy (non-hydrogen) atoms. The van der Waals surface area contributed by atoms with Gasteiger partial charge in [0, 0.05) is 23.9 Å². The maximum Gasteiger partial charge on any atom is 0.361 e. The molecule has 0 N–H and O–H groups in total. The van der Waals surface area contributed by atoms with Gasteiger partial charge in [0.25, 0.3) is 0 Å². The number of rotatable bonds is 5. The van der Waals surface area contributed by atoms with Crippen LogP contribution in [-0.4, -0.2) is 28.7 Å². The third-order valence-electron chi connectivity index (χ3n) is 5.13. The van der Waals surface area contributed by atoms with Gasteiger partial charge in [-0.15, -0.1) is 0 Å². The first-order valence-electron chi connectivity index (χ1n) is 9.79. The Kier molecular flexibility index (Phi) is 5.59. The summed E-state index contributed by atoms with van der Waals surface area (Å²) in [4.78, 5) is 24.7. The molecule has 0 amide bonds. The molecule has 0 bridgehead atoms. The number of benzene rings is 2. The van der Waals surface area contributed by atoms with Gasteiger partial charge in [-0.2, -0.15) is 5.10 Å². The Balaban J connectivity index is 1.78. The molecule has 7 heteroatoms. The molecule has 2 aliphatic heterocycles. The van der Waals surface area contributed by atoms with Gasteiger partial charge in [0.05, 0.1) is 11.8 Å². The molecule has 0 aliphatic carbocycles. The van der Waals surface area contributed by atoms with Gasteiger partial charge in [0.15, 0.2) is 17.6 Å². The van der Waals surface area contributed by atoms with Gasteiger partial charge in [0.2, 0.25) is 0 Å². The summed E-state index contributed by atoms with van der Waals surface area (Å²) < 4.78 is 11.1. The number of ether oxygens (including phenoxy) is 2. The molecule has 4 rings (SSSR count). The summed E-state index contributed by atoms with van der Waals surface area (Å²) in [7, 11) is 0. The van der Waals surface area contributed by atoms with E-state index >= 15 is 0 Å². The molecule has 2 atom stereocenters. The van der Waals surface area contributed by atoms with Crippen LogP contribution in [0.25, 0.3) is 0 Å². The number of esters is 2. The Morgan fingerprint density at radius 3 is 2.53 bits per heavy atom. The van der Waals surface area contributed by atoms with Gasteiger partial charge in [0.1, 0.15) is 0 Å². The molecule has 0 saturated carbocycles. The highest BCUT2D eigenvalue weighted by atomic mass is 35.5. The number of halogens is 1. The first-order chi connectivity index (χ1) is 14.5. The molecule has 2 unspecified atom stereocenters. The van der Waals surface area contributed by atoms with E-state index in [9.17, 15) is 9.59 Å². The van der Waals surface area contributed by atoms with Crippen LogP contribution in [0.4, 0.5) is 0 Å². The van der Waals surface area contributed by atoms with Crippen molar-refractivity contribution in [2.24, 2.45) is 5.10 Å². The lowest BCUT2D eigenvalue weighted by atomic mass is 10.0. The Hall–Kier alpha value is -3.12. The van der Waals surface area contributed by atoms with Crippen molar-refractivity contribution in [1.82, 2.24) is 5.01 Å². The minimum absolute atomic E-state index is 0.0571. The van der Waals surface area contributed by atoms with Gasteiger partial charge in [-0.05, 0) is 24.1 Å². The maximum absolute atomic E-state index is 12.9. The quantitative estimate of drug-likeness (QED) is 0.656. The number of carbonyl (C=O) groups is 2. The molecule has 0 aromatic heterocycles. The van der Waals surface area contributed by atoms with Crippen LogP contribution in [-0.2, 0) is 19.1 Å². The molecule has 2 aromatic rings. The van der Waals surface area contributed by atoms with Crippen LogP contribution >= 0.6 is 11.6 Å².